The van der Waals surface area contributed by atoms with E-state index in [0.29, 0.717) is 0 Å². The van der Waals surface area contributed by atoms with E-state index >= 15 is 0 Å². The zero-order valence-corrected chi connectivity index (χ0v) is 16.0. The highest BCUT2D eigenvalue weighted by Gasteiger charge is 1.98. The van der Waals surface area contributed by atoms with Gasteiger partial charge in [-0.25, -0.2) is 0 Å². The van der Waals surface area contributed by atoms with Crippen LogP contribution in [0.3, 0.4) is 0 Å². The van der Waals surface area contributed by atoms with Crippen molar-refractivity contribution < 1.29 is 0 Å². The van der Waals surface area contributed by atoms with Crippen LogP contribution in [-0.4, -0.2) is 11.9 Å². The van der Waals surface area contributed by atoms with Crippen LogP contribution in [0.25, 0.3) is 12.2 Å². The Morgan fingerprint density at radius 2 is 1.35 bits per heavy atom. The van der Waals surface area contributed by atoms with Crippen molar-refractivity contribution >= 4 is 35.5 Å². The molecule has 2 nitrogen and oxygen atoms in total. The molecule has 0 unspecified atom stereocenters. The second-order valence-corrected chi connectivity index (χ2v) is 6.15. The summed E-state index contributed by atoms with van der Waals surface area (Å²) in [5.41, 5.74) is 5.32. The number of hydrogen-bond acceptors (Lipinski definition) is 2. The third-order valence-corrected chi connectivity index (χ3v) is 3.93. The second kappa shape index (κ2) is 11.0. The van der Waals surface area contributed by atoms with Gasteiger partial charge < -0.3 is 0 Å². The molecular weight excluding hydrogens is 316 g/mol. The van der Waals surface area contributed by atoms with E-state index in [1.54, 1.807) is 0 Å². The molecule has 2 aromatic carbocycles. The van der Waals surface area contributed by atoms with Crippen molar-refractivity contribution in [2.45, 2.75) is 40.0 Å². The first-order valence-corrected chi connectivity index (χ1v) is 9.32. The highest BCUT2D eigenvalue weighted by atomic mass is 14.8. The van der Waals surface area contributed by atoms with Crippen LogP contribution >= 0.6 is 0 Å². The molecule has 0 fully saturated rings. The van der Waals surface area contributed by atoms with E-state index in [0.717, 1.165) is 36.3 Å². The van der Waals surface area contributed by atoms with Gasteiger partial charge in [-0.15, -0.1) is 0 Å². The number of benzene rings is 2. The number of nitrogens with zero attached hydrogens (tertiary/aromatic N) is 2. The van der Waals surface area contributed by atoms with E-state index in [1.165, 1.54) is 11.1 Å². The van der Waals surface area contributed by atoms with E-state index < -0.39 is 0 Å². The molecule has 0 aromatic heterocycles. The van der Waals surface area contributed by atoms with Crippen molar-refractivity contribution in [1.82, 2.24) is 0 Å². The smallest absolute Gasteiger partial charge is 0.0634 e. The van der Waals surface area contributed by atoms with E-state index in [-0.39, 0.29) is 0 Å². The molecule has 0 radical (unpaired) electrons. The number of rotatable bonds is 8. The molecule has 0 aliphatic heterocycles. The fourth-order valence-corrected chi connectivity index (χ4v) is 2.54. The first kappa shape index (κ1) is 19.6. The van der Waals surface area contributed by atoms with Gasteiger partial charge in [0.05, 0.1) is 17.1 Å². The molecule has 0 amide bonds. The van der Waals surface area contributed by atoms with Crippen LogP contribution in [0, 0.1) is 0 Å². The van der Waals surface area contributed by atoms with Gasteiger partial charge in [-0.1, -0.05) is 61.9 Å². The minimum Gasteiger partial charge on any atom is -0.255 e. The minimum atomic E-state index is 0.938. The Morgan fingerprint density at radius 3 is 1.85 bits per heavy atom. The largest absolute Gasteiger partial charge is 0.255 e. The molecule has 0 saturated heterocycles. The summed E-state index contributed by atoms with van der Waals surface area (Å²) in [6.45, 7) is 6.24. The van der Waals surface area contributed by atoms with Gasteiger partial charge in [0.1, 0.15) is 0 Å². The average Bonchev–Trinajstić information content (AvgIpc) is 2.67. The van der Waals surface area contributed by atoms with Gasteiger partial charge in [-0.05, 0) is 62.1 Å². The monoisotopic (exact) mass is 344 g/mol. The van der Waals surface area contributed by atoms with Crippen molar-refractivity contribution in [2.75, 3.05) is 0 Å². The average molecular weight is 345 g/mol. The zero-order valence-electron chi connectivity index (χ0n) is 16.0. The molecule has 0 atom stereocenters. The fourth-order valence-electron chi connectivity index (χ4n) is 2.54. The van der Waals surface area contributed by atoms with Gasteiger partial charge in [0, 0.05) is 6.21 Å². The van der Waals surface area contributed by atoms with Crippen molar-refractivity contribution in [3.05, 3.63) is 71.8 Å². The predicted molar refractivity (Wildman–Crippen MR) is 117 cm³/mol. The Labute approximate surface area is 157 Å². The highest BCUT2D eigenvalue weighted by Crippen LogP contribution is 2.17. The number of allylic oxidation sites excluding steroid dienone is 2. The number of hydrogen-bond donors (Lipinski definition) is 0. The number of aliphatic imine (C=N–C) groups is 2. The quantitative estimate of drug-likeness (QED) is 0.445. The van der Waals surface area contributed by atoms with E-state index in [2.05, 4.69) is 60.5 Å². The molecule has 26 heavy (non-hydrogen) atoms. The molecule has 2 heteroatoms. The molecule has 0 aliphatic carbocycles. The van der Waals surface area contributed by atoms with E-state index in [1.807, 2.05) is 44.3 Å². The highest BCUT2D eigenvalue weighted by molar-refractivity contribution is 6.31. The first-order chi connectivity index (χ1) is 12.7. The maximum absolute atomic E-state index is 4.79. The van der Waals surface area contributed by atoms with Crippen molar-refractivity contribution in [3.8, 4) is 0 Å². The van der Waals surface area contributed by atoms with Crippen molar-refractivity contribution in [2.24, 2.45) is 9.98 Å². The van der Waals surface area contributed by atoms with E-state index in [9.17, 15) is 0 Å². The lowest BCUT2D eigenvalue weighted by Crippen LogP contribution is -1.99. The van der Waals surface area contributed by atoms with Gasteiger partial charge in [0.2, 0.25) is 0 Å². The standard InChI is InChI=1S/C24H28N2/c1-4-7-10-24(26-23-17-13-21(9-6-3)14-18-23)19-25-22-15-11-20(8-5-2)12-16-22/h5-6,8-9,11-19H,4,7,10H2,1-3H3. The maximum Gasteiger partial charge on any atom is 0.0634 e. The normalized spacial score (nSPS) is 12.7. The topological polar surface area (TPSA) is 24.7 Å². The summed E-state index contributed by atoms with van der Waals surface area (Å²) in [5, 5.41) is 0. The number of unbranched alkanes of at least 4 members (excludes halogenated alkanes) is 1. The van der Waals surface area contributed by atoms with Gasteiger partial charge in [-0.3, -0.25) is 9.98 Å². The Hall–Kier alpha value is -2.74. The molecule has 2 aromatic rings. The summed E-state index contributed by atoms with van der Waals surface area (Å²) >= 11 is 0. The maximum atomic E-state index is 4.79. The SMILES string of the molecule is CC=Cc1ccc(N=CC(CCCC)=Nc2ccc(C=CC)cc2)cc1. The van der Waals surface area contributed by atoms with Crippen LogP contribution in [-0.2, 0) is 0 Å². The molecule has 0 saturated carbocycles. The van der Waals surface area contributed by atoms with Gasteiger partial charge in [-0.2, -0.15) is 0 Å². The van der Waals surface area contributed by atoms with Crippen LogP contribution in [0.15, 0.2) is 70.7 Å². The van der Waals surface area contributed by atoms with Crippen LogP contribution in [0.2, 0.25) is 0 Å². The summed E-state index contributed by atoms with van der Waals surface area (Å²) in [5.74, 6) is 0. The van der Waals surface area contributed by atoms with Gasteiger partial charge >= 0.3 is 0 Å². The zero-order chi connectivity index (χ0) is 18.6. The second-order valence-electron chi connectivity index (χ2n) is 6.15. The van der Waals surface area contributed by atoms with Crippen LogP contribution in [0.5, 0.6) is 0 Å². The first-order valence-electron chi connectivity index (χ1n) is 9.32. The Bertz CT molecular complexity index is 776. The third-order valence-electron chi connectivity index (χ3n) is 3.93. The lowest BCUT2D eigenvalue weighted by molar-refractivity contribution is 0.839. The van der Waals surface area contributed by atoms with Crippen molar-refractivity contribution in [3.63, 3.8) is 0 Å². The molecule has 0 N–H and O–H groups in total. The molecule has 134 valence electrons. The van der Waals surface area contributed by atoms with Gasteiger partial charge in [0.25, 0.3) is 0 Å². The summed E-state index contributed by atoms with van der Waals surface area (Å²) in [4.78, 5) is 9.40. The minimum absolute atomic E-state index is 0.938. The summed E-state index contributed by atoms with van der Waals surface area (Å²) in [6, 6.07) is 16.5. The molecular formula is C24H28N2. The fraction of sp³-hybridized carbons (Fsp3) is 0.250. The van der Waals surface area contributed by atoms with Crippen LogP contribution < -0.4 is 0 Å². The summed E-state index contributed by atoms with van der Waals surface area (Å²) in [6.07, 6.45) is 13.3. The lowest BCUT2D eigenvalue weighted by atomic mass is 10.1. The Kier molecular flexibility index (Phi) is 8.28. The van der Waals surface area contributed by atoms with Crippen LogP contribution in [0.4, 0.5) is 11.4 Å². The molecule has 0 bridgehead atoms. The van der Waals surface area contributed by atoms with Gasteiger partial charge in [0.15, 0.2) is 0 Å². The Balaban J connectivity index is 2.17. The third kappa shape index (κ3) is 6.64. The predicted octanol–water partition coefficient (Wildman–Crippen LogP) is 7.42. The molecule has 0 heterocycles. The molecule has 0 aliphatic rings. The summed E-state index contributed by atoms with van der Waals surface area (Å²) in [7, 11) is 0. The molecule has 2 rings (SSSR count). The summed E-state index contributed by atoms with van der Waals surface area (Å²) < 4.78 is 0. The Morgan fingerprint density at radius 1 is 0.808 bits per heavy atom. The lowest BCUT2D eigenvalue weighted by Gasteiger charge is -2.02. The molecule has 0 spiro atoms. The van der Waals surface area contributed by atoms with Crippen molar-refractivity contribution in [1.29, 1.82) is 0 Å². The van der Waals surface area contributed by atoms with E-state index in [4.69, 9.17) is 4.99 Å². The van der Waals surface area contributed by atoms with Crippen LogP contribution in [0.1, 0.15) is 51.2 Å².